The summed E-state index contributed by atoms with van der Waals surface area (Å²) in [5.74, 6) is 8.08. The lowest BCUT2D eigenvalue weighted by molar-refractivity contribution is -0.0887. The first-order chi connectivity index (χ1) is 8.86. The van der Waals surface area contributed by atoms with Crippen molar-refractivity contribution in [1.82, 2.24) is 0 Å². The highest BCUT2D eigenvalue weighted by Crippen LogP contribution is 2.60. The average Bonchev–Trinajstić information content (AvgIpc) is 2.44. The maximum Gasteiger partial charge on any atom is -0.0324 e. The quantitative estimate of drug-likeness (QED) is 0.591. The van der Waals surface area contributed by atoms with E-state index >= 15 is 0 Å². The summed E-state index contributed by atoms with van der Waals surface area (Å²) in [6.07, 6.45) is 15.8. The van der Waals surface area contributed by atoms with Crippen molar-refractivity contribution in [2.45, 2.75) is 71.1 Å². The van der Waals surface area contributed by atoms with E-state index in [0.717, 1.165) is 29.6 Å². The van der Waals surface area contributed by atoms with Crippen molar-refractivity contribution in [3.63, 3.8) is 0 Å². The van der Waals surface area contributed by atoms with E-state index in [0.29, 0.717) is 0 Å². The standard InChI is InChI=1S/C18H30/c1-2-12-10-15-8-6-13-4-3-5-14-7-9-16(11-12)18(15)17(13)14/h12-18H,2-11H2,1H3. The van der Waals surface area contributed by atoms with Gasteiger partial charge in [0.2, 0.25) is 0 Å². The fourth-order valence-electron chi connectivity index (χ4n) is 6.80. The fraction of sp³-hybridized carbons (Fsp3) is 1.00. The SMILES string of the molecule is CCC1CC2CCC3CCCC4CCC(C1)C2C34. The number of rotatable bonds is 1. The third kappa shape index (κ3) is 1.70. The van der Waals surface area contributed by atoms with Gasteiger partial charge in [-0.25, -0.2) is 0 Å². The van der Waals surface area contributed by atoms with E-state index in [4.69, 9.17) is 0 Å². The van der Waals surface area contributed by atoms with Crippen molar-refractivity contribution < 1.29 is 0 Å². The average molecular weight is 246 g/mol. The first-order valence-electron chi connectivity index (χ1n) is 8.86. The van der Waals surface area contributed by atoms with Crippen LogP contribution in [0.4, 0.5) is 0 Å². The summed E-state index contributed by atoms with van der Waals surface area (Å²) >= 11 is 0. The van der Waals surface area contributed by atoms with Gasteiger partial charge in [-0.1, -0.05) is 32.6 Å². The molecule has 0 N–H and O–H groups in total. The van der Waals surface area contributed by atoms with Crippen LogP contribution in [0.25, 0.3) is 0 Å². The zero-order chi connectivity index (χ0) is 12.1. The summed E-state index contributed by atoms with van der Waals surface area (Å²) in [5.41, 5.74) is 0. The van der Waals surface area contributed by atoms with Crippen molar-refractivity contribution in [2.75, 3.05) is 0 Å². The largest absolute Gasteiger partial charge is 0.0651 e. The number of hydrogen-bond acceptors (Lipinski definition) is 0. The molecule has 102 valence electrons. The van der Waals surface area contributed by atoms with E-state index in [9.17, 15) is 0 Å². The normalized spacial score (nSPS) is 54.8. The lowest BCUT2D eigenvalue weighted by Gasteiger charge is -2.58. The predicted molar refractivity (Wildman–Crippen MR) is 76.3 cm³/mol. The van der Waals surface area contributed by atoms with Gasteiger partial charge in [0, 0.05) is 0 Å². The molecule has 0 saturated heterocycles. The molecule has 0 aliphatic heterocycles. The van der Waals surface area contributed by atoms with E-state index in [1.54, 1.807) is 57.8 Å². The Balaban J connectivity index is 1.62. The van der Waals surface area contributed by atoms with Gasteiger partial charge in [-0.05, 0) is 80.0 Å². The first-order valence-corrected chi connectivity index (χ1v) is 8.86. The van der Waals surface area contributed by atoms with E-state index in [-0.39, 0.29) is 0 Å². The highest BCUT2D eigenvalue weighted by atomic mass is 14.6. The van der Waals surface area contributed by atoms with Crippen molar-refractivity contribution >= 4 is 0 Å². The second-order valence-electron chi connectivity index (χ2n) is 8.03. The Labute approximate surface area is 113 Å². The summed E-state index contributed by atoms with van der Waals surface area (Å²) in [4.78, 5) is 0. The predicted octanol–water partition coefficient (Wildman–Crippen LogP) is 5.28. The molecule has 4 rings (SSSR count). The minimum absolute atomic E-state index is 1.09. The van der Waals surface area contributed by atoms with E-state index in [1.807, 2.05) is 0 Å². The second kappa shape index (κ2) is 4.53. The molecule has 0 aromatic heterocycles. The summed E-state index contributed by atoms with van der Waals surface area (Å²) in [6.45, 7) is 2.43. The topological polar surface area (TPSA) is 0 Å². The van der Waals surface area contributed by atoms with E-state index < -0.39 is 0 Å². The Morgan fingerprint density at radius 3 is 1.72 bits per heavy atom. The van der Waals surface area contributed by atoms with Crippen molar-refractivity contribution in [3.05, 3.63) is 0 Å². The van der Waals surface area contributed by atoms with Crippen LogP contribution >= 0.6 is 0 Å². The molecule has 0 nitrogen and oxygen atoms in total. The molecule has 4 atom stereocenters. The van der Waals surface area contributed by atoms with E-state index in [1.165, 1.54) is 18.3 Å². The maximum absolute atomic E-state index is 2.43. The van der Waals surface area contributed by atoms with Crippen LogP contribution in [0.5, 0.6) is 0 Å². The Morgan fingerprint density at radius 1 is 0.667 bits per heavy atom. The van der Waals surface area contributed by atoms with Gasteiger partial charge >= 0.3 is 0 Å². The zero-order valence-electron chi connectivity index (χ0n) is 12.1. The molecule has 4 unspecified atom stereocenters. The Morgan fingerprint density at radius 2 is 1.17 bits per heavy atom. The van der Waals surface area contributed by atoms with E-state index in [2.05, 4.69) is 6.92 Å². The lowest BCUT2D eigenvalue weighted by atomic mass is 9.47. The van der Waals surface area contributed by atoms with Crippen LogP contribution in [-0.2, 0) is 0 Å². The molecular formula is C18H30. The highest BCUT2D eigenvalue weighted by molar-refractivity contribution is 5.01. The molecule has 0 heterocycles. The van der Waals surface area contributed by atoms with Gasteiger partial charge in [0.15, 0.2) is 0 Å². The molecule has 0 bridgehead atoms. The molecule has 0 aromatic rings. The molecule has 0 spiro atoms. The molecular weight excluding hydrogens is 216 g/mol. The van der Waals surface area contributed by atoms with Crippen LogP contribution in [0.1, 0.15) is 71.1 Å². The van der Waals surface area contributed by atoms with Gasteiger partial charge in [-0.15, -0.1) is 0 Å². The molecule has 4 fully saturated rings. The Kier molecular flexibility index (Phi) is 2.97. The van der Waals surface area contributed by atoms with Crippen LogP contribution in [0.3, 0.4) is 0 Å². The molecule has 0 aromatic carbocycles. The summed E-state index contributed by atoms with van der Waals surface area (Å²) < 4.78 is 0. The minimum Gasteiger partial charge on any atom is -0.0651 e. The first kappa shape index (κ1) is 11.8. The molecule has 4 aliphatic rings. The van der Waals surface area contributed by atoms with Crippen LogP contribution in [0.15, 0.2) is 0 Å². The maximum atomic E-state index is 2.43. The summed E-state index contributed by atoms with van der Waals surface area (Å²) in [7, 11) is 0. The smallest absolute Gasteiger partial charge is 0.0324 e. The van der Waals surface area contributed by atoms with Crippen LogP contribution in [0, 0.1) is 41.4 Å². The van der Waals surface area contributed by atoms with Crippen LogP contribution < -0.4 is 0 Å². The summed E-state index contributed by atoms with van der Waals surface area (Å²) in [6, 6.07) is 0. The molecule has 0 radical (unpaired) electrons. The molecule has 18 heavy (non-hydrogen) atoms. The Hall–Kier alpha value is 0. The lowest BCUT2D eigenvalue weighted by Crippen LogP contribution is -2.50. The van der Waals surface area contributed by atoms with Gasteiger partial charge in [-0.3, -0.25) is 0 Å². The molecule has 0 amide bonds. The highest BCUT2D eigenvalue weighted by Gasteiger charge is 2.52. The molecule has 4 saturated carbocycles. The Bertz CT molecular complexity index is 281. The van der Waals surface area contributed by atoms with Gasteiger partial charge in [-0.2, -0.15) is 0 Å². The van der Waals surface area contributed by atoms with Crippen LogP contribution in [-0.4, -0.2) is 0 Å². The fourth-order valence-corrected chi connectivity index (χ4v) is 6.80. The van der Waals surface area contributed by atoms with Gasteiger partial charge < -0.3 is 0 Å². The monoisotopic (exact) mass is 246 g/mol. The van der Waals surface area contributed by atoms with Crippen molar-refractivity contribution in [3.8, 4) is 0 Å². The zero-order valence-corrected chi connectivity index (χ0v) is 12.1. The summed E-state index contributed by atoms with van der Waals surface area (Å²) in [5, 5.41) is 0. The van der Waals surface area contributed by atoms with Gasteiger partial charge in [0.05, 0.1) is 0 Å². The second-order valence-corrected chi connectivity index (χ2v) is 8.03. The van der Waals surface area contributed by atoms with Gasteiger partial charge in [0.25, 0.3) is 0 Å². The number of hydrogen-bond donors (Lipinski definition) is 0. The molecule has 0 heteroatoms. The van der Waals surface area contributed by atoms with Crippen molar-refractivity contribution in [1.29, 1.82) is 0 Å². The van der Waals surface area contributed by atoms with Crippen molar-refractivity contribution in [2.24, 2.45) is 41.4 Å². The third-order valence-electron chi connectivity index (χ3n) is 7.44. The third-order valence-corrected chi connectivity index (χ3v) is 7.44. The molecule has 4 aliphatic carbocycles. The minimum atomic E-state index is 1.09. The van der Waals surface area contributed by atoms with Crippen LogP contribution in [0.2, 0.25) is 0 Å². The van der Waals surface area contributed by atoms with Gasteiger partial charge in [0.1, 0.15) is 0 Å².